The molecule has 13 heavy (non-hydrogen) atoms. The highest BCUT2D eigenvalue weighted by molar-refractivity contribution is 5.19. The van der Waals surface area contributed by atoms with E-state index >= 15 is 0 Å². The summed E-state index contributed by atoms with van der Waals surface area (Å²) in [5.41, 5.74) is 2.44. The molecule has 0 radical (unpaired) electrons. The Morgan fingerprint density at radius 1 is 1.54 bits per heavy atom. The van der Waals surface area contributed by atoms with Crippen LogP contribution in [0.1, 0.15) is 30.0 Å². The molecule has 1 fully saturated rings. The summed E-state index contributed by atoms with van der Waals surface area (Å²) in [6, 6.07) is 0. The first kappa shape index (κ1) is 8.63. The Kier molecular flexibility index (Phi) is 2.54. The Labute approximate surface area is 78.6 Å². The van der Waals surface area contributed by atoms with E-state index in [4.69, 9.17) is 0 Å². The maximum Gasteiger partial charge on any atom is 0.115 e. The fourth-order valence-electron chi connectivity index (χ4n) is 1.92. The second kappa shape index (κ2) is 3.83. The van der Waals surface area contributed by atoms with E-state index in [1.807, 2.05) is 6.20 Å². The third kappa shape index (κ3) is 1.86. The van der Waals surface area contributed by atoms with Crippen LogP contribution in [-0.4, -0.2) is 23.1 Å². The Balaban J connectivity index is 2.18. The van der Waals surface area contributed by atoms with Gasteiger partial charge < -0.3 is 5.32 Å². The second-order valence-electron chi connectivity index (χ2n) is 3.63. The minimum atomic E-state index is 0.594. The monoisotopic (exact) mass is 177 g/mol. The molecule has 1 aliphatic rings. The van der Waals surface area contributed by atoms with Crippen LogP contribution >= 0.6 is 0 Å². The Morgan fingerprint density at radius 2 is 2.46 bits per heavy atom. The molecule has 1 unspecified atom stereocenters. The van der Waals surface area contributed by atoms with Crippen molar-refractivity contribution in [2.45, 2.75) is 25.7 Å². The van der Waals surface area contributed by atoms with E-state index < -0.39 is 0 Å². The molecule has 2 heterocycles. The average Bonchev–Trinajstić information content (AvgIpc) is 2.20. The SMILES string of the molecule is Cc1cncnc1C1CCCNC1. The largest absolute Gasteiger partial charge is 0.316 e. The quantitative estimate of drug-likeness (QED) is 0.701. The predicted octanol–water partition coefficient (Wildman–Crippen LogP) is 1.25. The molecular weight excluding hydrogens is 162 g/mol. The highest BCUT2D eigenvalue weighted by Gasteiger charge is 2.17. The van der Waals surface area contributed by atoms with Gasteiger partial charge in [-0.15, -0.1) is 0 Å². The van der Waals surface area contributed by atoms with Gasteiger partial charge in [0.15, 0.2) is 0 Å². The first-order valence-corrected chi connectivity index (χ1v) is 4.85. The Morgan fingerprint density at radius 3 is 3.15 bits per heavy atom. The number of hydrogen-bond acceptors (Lipinski definition) is 3. The van der Waals surface area contributed by atoms with Crippen LogP contribution in [0.3, 0.4) is 0 Å². The first-order chi connectivity index (χ1) is 6.38. The minimum Gasteiger partial charge on any atom is -0.316 e. The van der Waals surface area contributed by atoms with Gasteiger partial charge in [0.1, 0.15) is 6.33 Å². The maximum atomic E-state index is 4.35. The van der Waals surface area contributed by atoms with Crippen LogP contribution in [0.25, 0.3) is 0 Å². The van der Waals surface area contributed by atoms with Gasteiger partial charge in [-0.3, -0.25) is 0 Å². The van der Waals surface area contributed by atoms with E-state index in [-0.39, 0.29) is 0 Å². The van der Waals surface area contributed by atoms with Crippen molar-refractivity contribution in [2.24, 2.45) is 0 Å². The van der Waals surface area contributed by atoms with Crippen molar-refractivity contribution in [1.82, 2.24) is 15.3 Å². The van der Waals surface area contributed by atoms with Gasteiger partial charge in [0.2, 0.25) is 0 Å². The topological polar surface area (TPSA) is 37.8 Å². The molecule has 1 N–H and O–H groups in total. The van der Waals surface area contributed by atoms with E-state index in [1.54, 1.807) is 6.33 Å². The van der Waals surface area contributed by atoms with Gasteiger partial charge in [-0.1, -0.05) is 0 Å². The second-order valence-corrected chi connectivity index (χ2v) is 3.63. The summed E-state index contributed by atoms with van der Waals surface area (Å²) in [5.74, 6) is 0.594. The molecule has 1 aromatic rings. The van der Waals surface area contributed by atoms with Crippen LogP contribution in [0.2, 0.25) is 0 Å². The van der Waals surface area contributed by atoms with Crippen molar-refractivity contribution < 1.29 is 0 Å². The summed E-state index contributed by atoms with van der Waals surface area (Å²) in [6.45, 7) is 4.31. The summed E-state index contributed by atoms with van der Waals surface area (Å²) in [5, 5.41) is 3.40. The number of rotatable bonds is 1. The molecule has 1 aromatic heterocycles. The van der Waals surface area contributed by atoms with Crippen molar-refractivity contribution in [2.75, 3.05) is 13.1 Å². The fourth-order valence-corrected chi connectivity index (χ4v) is 1.92. The molecule has 2 rings (SSSR count). The van der Waals surface area contributed by atoms with Crippen LogP contribution in [-0.2, 0) is 0 Å². The zero-order chi connectivity index (χ0) is 9.10. The molecule has 1 saturated heterocycles. The van der Waals surface area contributed by atoms with Gasteiger partial charge in [-0.2, -0.15) is 0 Å². The number of aryl methyl sites for hydroxylation is 1. The van der Waals surface area contributed by atoms with Crippen molar-refractivity contribution in [1.29, 1.82) is 0 Å². The Bertz CT molecular complexity index is 279. The summed E-state index contributed by atoms with van der Waals surface area (Å²) in [7, 11) is 0. The van der Waals surface area contributed by atoms with Crippen LogP contribution < -0.4 is 5.32 Å². The zero-order valence-corrected chi connectivity index (χ0v) is 7.95. The highest BCUT2D eigenvalue weighted by Crippen LogP contribution is 2.22. The zero-order valence-electron chi connectivity index (χ0n) is 7.95. The number of nitrogens with zero attached hydrogens (tertiary/aromatic N) is 2. The van der Waals surface area contributed by atoms with Crippen LogP contribution in [0.15, 0.2) is 12.5 Å². The fraction of sp³-hybridized carbons (Fsp3) is 0.600. The van der Waals surface area contributed by atoms with Crippen molar-refractivity contribution >= 4 is 0 Å². The van der Waals surface area contributed by atoms with Gasteiger partial charge >= 0.3 is 0 Å². The molecule has 3 heteroatoms. The van der Waals surface area contributed by atoms with E-state index in [0.29, 0.717) is 5.92 Å². The van der Waals surface area contributed by atoms with Crippen molar-refractivity contribution in [3.63, 3.8) is 0 Å². The molecule has 1 atom stereocenters. The molecule has 3 nitrogen and oxygen atoms in total. The third-order valence-corrected chi connectivity index (χ3v) is 2.62. The molecule has 0 amide bonds. The van der Waals surface area contributed by atoms with Crippen LogP contribution in [0.5, 0.6) is 0 Å². The lowest BCUT2D eigenvalue weighted by molar-refractivity contribution is 0.452. The summed E-state index contributed by atoms with van der Waals surface area (Å²) in [6.07, 6.45) is 6.06. The van der Waals surface area contributed by atoms with E-state index in [1.165, 1.54) is 24.1 Å². The summed E-state index contributed by atoms with van der Waals surface area (Å²) in [4.78, 5) is 8.36. The lowest BCUT2D eigenvalue weighted by Gasteiger charge is -2.23. The first-order valence-electron chi connectivity index (χ1n) is 4.85. The minimum absolute atomic E-state index is 0.594. The number of piperidine rings is 1. The van der Waals surface area contributed by atoms with E-state index in [9.17, 15) is 0 Å². The lowest BCUT2D eigenvalue weighted by Crippen LogP contribution is -2.29. The molecule has 0 aliphatic carbocycles. The maximum absolute atomic E-state index is 4.35. The lowest BCUT2D eigenvalue weighted by atomic mass is 9.94. The summed E-state index contributed by atoms with van der Waals surface area (Å²) < 4.78 is 0. The molecule has 0 aromatic carbocycles. The van der Waals surface area contributed by atoms with Crippen molar-refractivity contribution in [3.05, 3.63) is 23.8 Å². The molecule has 0 saturated carbocycles. The molecular formula is C10H15N3. The van der Waals surface area contributed by atoms with Crippen LogP contribution in [0, 0.1) is 6.92 Å². The summed E-state index contributed by atoms with van der Waals surface area (Å²) >= 11 is 0. The number of aromatic nitrogens is 2. The van der Waals surface area contributed by atoms with Crippen LogP contribution in [0.4, 0.5) is 0 Å². The van der Waals surface area contributed by atoms with Crippen molar-refractivity contribution in [3.8, 4) is 0 Å². The molecule has 0 bridgehead atoms. The normalized spacial score (nSPS) is 23.0. The average molecular weight is 177 g/mol. The van der Waals surface area contributed by atoms with Gasteiger partial charge in [0.05, 0.1) is 5.69 Å². The number of nitrogens with one attached hydrogen (secondary N) is 1. The molecule has 0 spiro atoms. The number of hydrogen-bond donors (Lipinski definition) is 1. The Hall–Kier alpha value is -0.960. The smallest absolute Gasteiger partial charge is 0.115 e. The van der Waals surface area contributed by atoms with Gasteiger partial charge in [0, 0.05) is 18.7 Å². The molecule has 70 valence electrons. The highest BCUT2D eigenvalue weighted by atomic mass is 14.9. The van der Waals surface area contributed by atoms with E-state index in [2.05, 4.69) is 22.2 Å². The third-order valence-electron chi connectivity index (χ3n) is 2.62. The van der Waals surface area contributed by atoms with Gasteiger partial charge in [-0.05, 0) is 31.9 Å². The van der Waals surface area contributed by atoms with Gasteiger partial charge in [-0.25, -0.2) is 9.97 Å². The molecule has 1 aliphatic heterocycles. The predicted molar refractivity (Wildman–Crippen MR) is 51.6 cm³/mol. The van der Waals surface area contributed by atoms with E-state index in [0.717, 1.165) is 13.1 Å². The standard InChI is InChI=1S/C10H15N3/c1-8-5-12-7-13-10(8)9-3-2-4-11-6-9/h5,7,9,11H,2-4,6H2,1H3. The van der Waals surface area contributed by atoms with Gasteiger partial charge in [0.25, 0.3) is 0 Å².